The van der Waals surface area contributed by atoms with E-state index < -0.39 is 0 Å². The summed E-state index contributed by atoms with van der Waals surface area (Å²) in [5.74, 6) is 1.84. The number of halogens is 1. The van der Waals surface area contributed by atoms with Crippen LogP contribution in [0.4, 0.5) is 0 Å². The van der Waals surface area contributed by atoms with Crippen molar-refractivity contribution in [3.05, 3.63) is 40.6 Å². The van der Waals surface area contributed by atoms with Crippen LogP contribution in [-0.4, -0.2) is 16.8 Å². The molecule has 2 heterocycles. The molecule has 0 aliphatic heterocycles. The molecule has 2 aromatic rings. The molecule has 1 N–H and O–H groups in total. The Kier molecular flexibility index (Phi) is 3.31. The maximum absolute atomic E-state index is 5.79. The van der Waals surface area contributed by atoms with Crippen LogP contribution in [0, 0.1) is 6.92 Å². The standard InChI is InChI=1S/C11H14ClN3O/c1-8-9(4-13-2)3-11(16-8)7-15-6-10(12)5-14-15/h3,5-6,13H,4,7H2,1-2H3. The van der Waals surface area contributed by atoms with E-state index in [4.69, 9.17) is 16.0 Å². The summed E-state index contributed by atoms with van der Waals surface area (Å²) in [6.45, 7) is 3.39. The van der Waals surface area contributed by atoms with E-state index in [1.165, 1.54) is 5.56 Å². The summed E-state index contributed by atoms with van der Waals surface area (Å²) in [5, 5.41) is 7.85. The van der Waals surface area contributed by atoms with Crippen LogP contribution in [0.15, 0.2) is 22.9 Å². The molecule has 0 saturated carbocycles. The molecule has 0 unspecified atom stereocenters. The first-order chi connectivity index (χ1) is 7.69. The normalized spacial score (nSPS) is 10.9. The molecule has 2 rings (SSSR count). The molecule has 0 spiro atoms. The molecule has 0 aliphatic carbocycles. The van der Waals surface area contributed by atoms with Crippen LogP contribution in [0.3, 0.4) is 0 Å². The lowest BCUT2D eigenvalue weighted by Gasteiger charge is -1.95. The second-order valence-corrected chi connectivity index (χ2v) is 4.12. The highest BCUT2D eigenvalue weighted by Crippen LogP contribution is 2.16. The van der Waals surface area contributed by atoms with Crippen LogP contribution in [-0.2, 0) is 13.1 Å². The zero-order chi connectivity index (χ0) is 11.5. The molecule has 5 heteroatoms. The van der Waals surface area contributed by atoms with Crippen molar-refractivity contribution in [1.82, 2.24) is 15.1 Å². The fourth-order valence-electron chi connectivity index (χ4n) is 1.62. The number of aromatic nitrogens is 2. The molecule has 0 bridgehead atoms. The van der Waals surface area contributed by atoms with Gasteiger partial charge in [0.2, 0.25) is 0 Å². The van der Waals surface area contributed by atoms with Gasteiger partial charge in [-0.2, -0.15) is 5.10 Å². The minimum Gasteiger partial charge on any atom is -0.464 e. The molecule has 86 valence electrons. The van der Waals surface area contributed by atoms with Crippen LogP contribution >= 0.6 is 11.6 Å². The van der Waals surface area contributed by atoms with Gasteiger partial charge in [0, 0.05) is 18.3 Å². The van der Waals surface area contributed by atoms with E-state index in [1.807, 2.05) is 20.0 Å². The first-order valence-corrected chi connectivity index (χ1v) is 5.47. The van der Waals surface area contributed by atoms with Gasteiger partial charge < -0.3 is 9.73 Å². The Morgan fingerprint density at radius 1 is 1.56 bits per heavy atom. The van der Waals surface area contributed by atoms with Crippen LogP contribution in [0.2, 0.25) is 5.02 Å². The molecule has 0 saturated heterocycles. The van der Waals surface area contributed by atoms with E-state index >= 15 is 0 Å². The maximum atomic E-state index is 5.79. The van der Waals surface area contributed by atoms with Gasteiger partial charge in [-0.15, -0.1) is 0 Å². The lowest BCUT2D eigenvalue weighted by Crippen LogP contribution is -2.04. The highest BCUT2D eigenvalue weighted by Gasteiger charge is 2.07. The summed E-state index contributed by atoms with van der Waals surface area (Å²) in [5.41, 5.74) is 1.18. The molecule has 2 aromatic heterocycles. The Bertz CT molecular complexity index is 475. The number of nitrogens with one attached hydrogen (secondary N) is 1. The summed E-state index contributed by atoms with van der Waals surface area (Å²) in [6, 6.07) is 2.04. The first-order valence-electron chi connectivity index (χ1n) is 5.10. The van der Waals surface area contributed by atoms with E-state index in [0.717, 1.165) is 18.1 Å². The summed E-state index contributed by atoms with van der Waals surface area (Å²) in [7, 11) is 1.92. The van der Waals surface area contributed by atoms with Crippen molar-refractivity contribution in [3.63, 3.8) is 0 Å². The number of aryl methyl sites for hydroxylation is 1. The fraction of sp³-hybridized carbons (Fsp3) is 0.364. The number of hydrogen-bond donors (Lipinski definition) is 1. The van der Waals surface area contributed by atoms with Crippen molar-refractivity contribution in [3.8, 4) is 0 Å². The van der Waals surface area contributed by atoms with E-state index in [9.17, 15) is 0 Å². The van der Waals surface area contributed by atoms with Crippen LogP contribution in [0.25, 0.3) is 0 Å². The molecule has 0 fully saturated rings. The third-order valence-corrected chi connectivity index (χ3v) is 2.55. The van der Waals surface area contributed by atoms with E-state index in [-0.39, 0.29) is 0 Å². The van der Waals surface area contributed by atoms with Crippen molar-refractivity contribution >= 4 is 11.6 Å². The molecule has 0 aromatic carbocycles. The second-order valence-electron chi connectivity index (χ2n) is 3.68. The Labute approximate surface area is 99.2 Å². The van der Waals surface area contributed by atoms with Gasteiger partial charge in [0.05, 0.1) is 17.8 Å². The predicted molar refractivity (Wildman–Crippen MR) is 62.5 cm³/mol. The maximum Gasteiger partial charge on any atom is 0.125 e. The van der Waals surface area contributed by atoms with E-state index in [1.54, 1.807) is 17.1 Å². The Morgan fingerprint density at radius 2 is 2.38 bits per heavy atom. The van der Waals surface area contributed by atoms with Gasteiger partial charge in [-0.25, -0.2) is 0 Å². The lowest BCUT2D eigenvalue weighted by atomic mass is 10.2. The molecule has 0 amide bonds. The number of rotatable bonds is 4. The predicted octanol–water partition coefficient (Wildman–Crippen LogP) is 2.21. The molecule has 16 heavy (non-hydrogen) atoms. The fourth-order valence-corrected chi connectivity index (χ4v) is 1.77. The highest BCUT2D eigenvalue weighted by atomic mass is 35.5. The Morgan fingerprint density at radius 3 is 3.00 bits per heavy atom. The zero-order valence-corrected chi connectivity index (χ0v) is 10.1. The van der Waals surface area contributed by atoms with Gasteiger partial charge >= 0.3 is 0 Å². The van der Waals surface area contributed by atoms with Gasteiger partial charge in [0.1, 0.15) is 11.5 Å². The smallest absolute Gasteiger partial charge is 0.125 e. The van der Waals surface area contributed by atoms with Crippen LogP contribution in [0.5, 0.6) is 0 Å². The minimum absolute atomic E-state index is 0.608. The van der Waals surface area contributed by atoms with E-state index in [0.29, 0.717) is 11.6 Å². The quantitative estimate of drug-likeness (QED) is 0.890. The molecule has 0 radical (unpaired) electrons. The summed E-state index contributed by atoms with van der Waals surface area (Å²) in [4.78, 5) is 0. The van der Waals surface area contributed by atoms with Gasteiger partial charge in [-0.05, 0) is 20.0 Å². The summed E-state index contributed by atoms with van der Waals surface area (Å²) >= 11 is 5.79. The molecular formula is C11H14ClN3O. The van der Waals surface area contributed by atoms with Crippen molar-refractivity contribution in [2.24, 2.45) is 0 Å². The minimum atomic E-state index is 0.608. The Hall–Kier alpha value is -1.26. The van der Waals surface area contributed by atoms with Gasteiger partial charge in [-0.1, -0.05) is 11.6 Å². The first kappa shape index (κ1) is 11.2. The average molecular weight is 240 g/mol. The SMILES string of the molecule is CNCc1cc(Cn2cc(Cl)cn2)oc1C. The number of hydrogen-bond acceptors (Lipinski definition) is 3. The largest absolute Gasteiger partial charge is 0.464 e. The van der Waals surface area contributed by atoms with Crippen molar-refractivity contribution < 1.29 is 4.42 Å². The Balaban J connectivity index is 2.13. The molecule has 0 atom stereocenters. The van der Waals surface area contributed by atoms with Crippen molar-refractivity contribution in [2.75, 3.05) is 7.05 Å². The second kappa shape index (κ2) is 4.72. The topological polar surface area (TPSA) is 43.0 Å². The van der Waals surface area contributed by atoms with Crippen LogP contribution in [0.1, 0.15) is 17.1 Å². The van der Waals surface area contributed by atoms with Crippen molar-refractivity contribution in [2.45, 2.75) is 20.0 Å². The van der Waals surface area contributed by atoms with Gasteiger partial charge in [0.15, 0.2) is 0 Å². The van der Waals surface area contributed by atoms with E-state index in [2.05, 4.69) is 10.4 Å². The number of nitrogens with zero attached hydrogens (tertiary/aromatic N) is 2. The van der Waals surface area contributed by atoms with Gasteiger partial charge in [-0.3, -0.25) is 4.68 Å². The summed E-state index contributed by atoms with van der Waals surface area (Å²) < 4.78 is 7.39. The third kappa shape index (κ3) is 2.46. The van der Waals surface area contributed by atoms with Gasteiger partial charge in [0.25, 0.3) is 0 Å². The lowest BCUT2D eigenvalue weighted by molar-refractivity contribution is 0.456. The number of furan rings is 1. The third-order valence-electron chi connectivity index (χ3n) is 2.36. The highest BCUT2D eigenvalue weighted by molar-refractivity contribution is 6.30. The monoisotopic (exact) mass is 239 g/mol. The zero-order valence-electron chi connectivity index (χ0n) is 9.33. The molecule has 4 nitrogen and oxygen atoms in total. The van der Waals surface area contributed by atoms with Crippen molar-refractivity contribution in [1.29, 1.82) is 0 Å². The summed E-state index contributed by atoms with van der Waals surface area (Å²) in [6.07, 6.45) is 3.39. The molecule has 0 aliphatic rings. The molecular weight excluding hydrogens is 226 g/mol. The van der Waals surface area contributed by atoms with Crippen LogP contribution < -0.4 is 5.32 Å². The average Bonchev–Trinajstić information content (AvgIpc) is 2.76.